The summed E-state index contributed by atoms with van der Waals surface area (Å²) in [6, 6.07) is 12.8. The summed E-state index contributed by atoms with van der Waals surface area (Å²) in [6.07, 6.45) is -4.22. The lowest BCUT2D eigenvalue weighted by Gasteiger charge is -2.26. The van der Waals surface area contributed by atoms with Gasteiger partial charge in [-0.2, -0.15) is 13.2 Å². The Bertz CT molecular complexity index is 1210. The van der Waals surface area contributed by atoms with E-state index < -0.39 is 25.2 Å². The predicted molar refractivity (Wildman–Crippen MR) is 174 cm³/mol. The molecule has 0 spiro atoms. The van der Waals surface area contributed by atoms with Crippen molar-refractivity contribution in [1.29, 1.82) is 5.41 Å². The zero-order valence-electron chi connectivity index (χ0n) is 25.8. The first-order valence-corrected chi connectivity index (χ1v) is 15.4. The first-order valence-electron chi connectivity index (χ1n) is 14.7. The van der Waals surface area contributed by atoms with Crippen molar-refractivity contribution >= 4 is 40.8 Å². The van der Waals surface area contributed by atoms with Gasteiger partial charge < -0.3 is 10.6 Å². The Labute approximate surface area is 264 Å². The normalized spacial score (nSPS) is 15.7. The molecular weight excluding hydrogens is 598 g/mol. The number of hydrogen-bond donors (Lipinski definition) is 3. The van der Waals surface area contributed by atoms with E-state index in [-0.39, 0.29) is 24.0 Å². The third kappa shape index (κ3) is 12.7. The zero-order valence-corrected chi connectivity index (χ0v) is 27.4. The minimum Gasteiger partial charge on any atom is -0.334 e. The van der Waals surface area contributed by atoms with Gasteiger partial charge in [0, 0.05) is 35.2 Å². The molecule has 11 heteroatoms. The summed E-state index contributed by atoms with van der Waals surface area (Å²) in [6.45, 7) is 12.7. The fraction of sp³-hybridized carbons (Fsp3) is 0.469. The summed E-state index contributed by atoms with van der Waals surface area (Å²) in [7, 11) is 0. The van der Waals surface area contributed by atoms with E-state index in [4.69, 9.17) is 33.6 Å². The molecule has 3 rings (SSSR count). The highest BCUT2D eigenvalue weighted by atomic mass is 35.5. The number of carbonyl (C=O) groups is 1. The van der Waals surface area contributed by atoms with Crippen LogP contribution in [0.2, 0.25) is 10.0 Å². The number of alkyl halides is 3. The highest BCUT2D eigenvalue weighted by Crippen LogP contribution is 2.26. The molecule has 43 heavy (non-hydrogen) atoms. The highest BCUT2D eigenvalue weighted by Gasteiger charge is 2.31. The Kier molecular flexibility index (Phi) is 17.2. The average molecular weight is 643 g/mol. The molecule has 0 saturated carbocycles. The summed E-state index contributed by atoms with van der Waals surface area (Å²) < 4.78 is 39.0. The fourth-order valence-corrected chi connectivity index (χ4v) is 4.51. The van der Waals surface area contributed by atoms with Gasteiger partial charge in [-0.3, -0.25) is 15.3 Å². The molecule has 6 nitrogen and oxygen atoms in total. The Balaban J connectivity index is 0.00000221. The van der Waals surface area contributed by atoms with Crippen molar-refractivity contribution in [2.24, 2.45) is 4.99 Å². The number of aliphatic imine (C=N–C) groups is 1. The number of carbonyl (C=O) groups excluding carboxylic acids is 1. The van der Waals surface area contributed by atoms with Crippen LogP contribution in [-0.2, 0) is 0 Å². The van der Waals surface area contributed by atoms with Gasteiger partial charge in [0.05, 0.1) is 18.2 Å². The molecule has 1 aliphatic heterocycles. The number of urea groups is 1. The molecule has 2 aromatic carbocycles. The van der Waals surface area contributed by atoms with Gasteiger partial charge in [-0.1, -0.05) is 70.0 Å². The van der Waals surface area contributed by atoms with Crippen molar-refractivity contribution < 1.29 is 18.0 Å². The van der Waals surface area contributed by atoms with Crippen molar-refractivity contribution in [2.45, 2.75) is 73.0 Å². The Hall–Kier alpha value is -2.88. The van der Waals surface area contributed by atoms with Crippen molar-refractivity contribution in [1.82, 2.24) is 15.5 Å². The number of nitrogens with zero attached hydrogens (tertiary/aromatic N) is 2. The molecule has 1 heterocycles. The van der Waals surface area contributed by atoms with Crippen molar-refractivity contribution in [3.05, 3.63) is 80.8 Å². The van der Waals surface area contributed by atoms with Crippen LogP contribution in [0.3, 0.4) is 0 Å². The second-order valence-corrected chi connectivity index (χ2v) is 10.1. The third-order valence-electron chi connectivity index (χ3n) is 6.42. The smallest absolute Gasteiger partial charge is 0.334 e. The van der Waals surface area contributed by atoms with Crippen LogP contribution in [0.15, 0.2) is 64.7 Å². The van der Waals surface area contributed by atoms with Crippen LogP contribution in [0.4, 0.5) is 18.0 Å². The molecule has 238 valence electrons. The van der Waals surface area contributed by atoms with Gasteiger partial charge in [0.25, 0.3) is 0 Å². The lowest BCUT2D eigenvalue weighted by molar-refractivity contribution is -0.135. The topological polar surface area (TPSA) is 80.6 Å². The predicted octanol–water partition coefficient (Wildman–Crippen LogP) is 9.24. The minimum atomic E-state index is -4.48. The number of amides is 2. The van der Waals surface area contributed by atoms with E-state index in [0.29, 0.717) is 23.0 Å². The summed E-state index contributed by atoms with van der Waals surface area (Å²) in [5, 5.41) is 15.5. The molecule has 1 atom stereocenters. The largest absolute Gasteiger partial charge is 0.390 e. The lowest BCUT2D eigenvalue weighted by Crippen LogP contribution is -2.46. The second-order valence-electron chi connectivity index (χ2n) is 9.27. The van der Waals surface area contributed by atoms with Gasteiger partial charge in [-0.25, -0.2) is 4.79 Å². The molecule has 1 saturated heterocycles. The first kappa shape index (κ1) is 38.1. The average Bonchev–Trinajstić information content (AvgIpc) is 3.01. The monoisotopic (exact) mass is 641 g/mol. The van der Waals surface area contributed by atoms with Gasteiger partial charge in [0.15, 0.2) is 0 Å². The summed E-state index contributed by atoms with van der Waals surface area (Å²) >= 11 is 11.9. The van der Waals surface area contributed by atoms with E-state index in [1.165, 1.54) is 24.3 Å². The van der Waals surface area contributed by atoms with Crippen LogP contribution in [0.25, 0.3) is 0 Å². The van der Waals surface area contributed by atoms with Crippen LogP contribution in [0.5, 0.6) is 0 Å². The number of rotatable bonds is 8. The number of piperidine rings is 1. The number of hydrogen-bond acceptors (Lipinski definition) is 4. The van der Waals surface area contributed by atoms with Crippen LogP contribution >= 0.6 is 23.2 Å². The van der Waals surface area contributed by atoms with E-state index in [2.05, 4.69) is 17.6 Å². The van der Waals surface area contributed by atoms with Crippen molar-refractivity contribution in [2.75, 3.05) is 26.2 Å². The van der Waals surface area contributed by atoms with Crippen molar-refractivity contribution in [3.8, 4) is 0 Å². The van der Waals surface area contributed by atoms with Gasteiger partial charge in [0.1, 0.15) is 5.84 Å². The molecule has 1 unspecified atom stereocenters. The quantitative estimate of drug-likeness (QED) is 0.198. The molecule has 3 N–H and O–H groups in total. The molecule has 1 fully saturated rings. The SMILES string of the molecule is CC.CC.CCC(N=C1CNCC/C1=C(/C)CNC(=O)N(CCC(F)(F)F)C(=N)c1ccc(Cl)cc1)c1ccc(Cl)cc1. The molecule has 2 aromatic rings. The molecule has 0 bridgehead atoms. The van der Waals surface area contributed by atoms with Crippen LogP contribution in [0, 0.1) is 5.41 Å². The molecule has 0 radical (unpaired) electrons. The number of benzene rings is 2. The number of halogens is 5. The molecule has 2 amide bonds. The van der Waals surface area contributed by atoms with Crippen molar-refractivity contribution in [3.63, 3.8) is 0 Å². The minimum absolute atomic E-state index is 0.0627. The van der Waals surface area contributed by atoms with E-state index in [0.717, 1.165) is 40.3 Å². The zero-order chi connectivity index (χ0) is 32.6. The fourth-order valence-electron chi connectivity index (χ4n) is 4.26. The van der Waals surface area contributed by atoms with Crippen LogP contribution in [0.1, 0.15) is 78.0 Å². The number of amidine groups is 1. The molecule has 1 aliphatic rings. The standard InChI is InChI=1S/C28H32Cl2F3N5O.2C2H6/c1-3-24(19-4-8-21(29)9-5-19)37-25-17-35-14-12-23(25)18(2)16-36-27(39)38(15-13-28(31,32)33)26(34)20-6-10-22(30)11-7-20;2*1-2/h4-11,24,34-35H,3,12-17H2,1-2H3,(H,36,39);2*1-2H3/b23-18+,34-26?,37-25?;;. The van der Waals surface area contributed by atoms with Gasteiger partial charge in [-0.05, 0) is 79.4 Å². The molecule has 0 aromatic heterocycles. The third-order valence-corrected chi connectivity index (χ3v) is 6.92. The van der Waals surface area contributed by atoms with Gasteiger partial charge >= 0.3 is 12.2 Å². The van der Waals surface area contributed by atoms with E-state index in [9.17, 15) is 18.0 Å². The van der Waals surface area contributed by atoms with Gasteiger partial charge in [0.2, 0.25) is 0 Å². The van der Waals surface area contributed by atoms with Gasteiger partial charge in [-0.15, -0.1) is 0 Å². The lowest BCUT2D eigenvalue weighted by atomic mass is 9.96. The Morgan fingerprint density at radius 3 is 2.14 bits per heavy atom. The molecular formula is C32H44Cl2F3N5O. The maximum absolute atomic E-state index is 13.1. The summed E-state index contributed by atoms with van der Waals surface area (Å²) in [4.78, 5) is 18.9. The highest BCUT2D eigenvalue weighted by molar-refractivity contribution is 6.31. The number of nitrogens with one attached hydrogen (secondary N) is 3. The maximum atomic E-state index is 13.1. The summed E-state index contributed by atoms with van der Waals surface area (Å²) in [5.41, 5.74) is 4.09. The maximum Gasteiger partial charge on any atom is 0.390 e. The Morgan fingerprint density at radius 2 is 1.60 bits per heavy atom. The first-order chi connectivity index (χ1) is 20.5. The molecule has 0 aliphatic carbocycles. The van der Waals surface area contributed by atoms with Crippen LogP contribution < -0.4 is 10.6 Å². The van der Waals surface area contributed by atoms with E-state index in [1.807, 2.05) is 58.9 Å². The summed E-state index contributed by atoms with van der Waals surface area (Å²) in [5.74, 6) is -0.336. The Morgan fingerprint density at radius 1 is 1.05 bits per heavy atom. The van der Waals surface area contributed by atoms with Crippen LogP contribution in [-0.4, -0.2) is 54.8 Å². The van der Waals surface area contributed by atoms with E-state index in [1.54, 1.807) is 0 Å². The van der Waals surface area contributed by atoms with E-state index >= 15 is 0 Å². The second kappa shape index (κ2) is 19.4.